The number of aliphatic hydroxyl groups is 1. The van der Waals surface area contributed by atoms with Crippen molar-refractivity contribution in [3.63, 3.8) is 0 Å². The molecule has 2 aromatic carbocycles. The summed E-state index contributed by atoms with van der Waals surface area (Å²) in [5, 5.41) is 11.3. The number of carbonyl (C=O) groups excluding carboxylic acids is 2. The lowest BCUT2D eigenvalue weighted by molar-refractivity contribution is -0.140. The molecule has 1 aliphatic rings. The van der Waals surface area contributed by atoms with Crippen molar-refractivity contribution in [2.24, 2.45) is 0 Å². The first-order valence-electron chi connectivity index (χ1n) is 11.0. The Balaban J connectivity index is 1.84. The van der Waals surface area contributed by atoms with Gasteiger partial charge in [0.2, 0.25) is 0 Å². The average molecular weight is 459 g/mol. The summed E-state index contributed by atoms with van der Waals surface area (Å²) in [6, 6.07) is 15.2. The van der Waals surface area contributed by atoms with Crippen LogP contribution in [0.2, 0.25) is 0 Å². The number of pyridine rings is 1. The largest absolute Gasteiger partial charge is 0.507 e. The molecule has 1 aliphatic heterocycles. The summed E-state index contributed by atoms with van der Waals surface area (Å²) in [6.45, 7) is 4.41. The smallest absolute Gasteiger partial charge is 0.295 e. The lowest BCUT2D eigenvalue weighted by Gasteiger charge is -2.26. The fourth-order valence-corrected chi connectivity index (χ4v) is 4.22. The van der Waals surface area contributed by atoms with E-state index < -0.39 is 17.7 Å². The standard InChI is InChI=1S/C27H26N2O5/c1-4-34-21-10-9-19(15-17(21)2)25(30)23-24(18-11-13-28-14-12-18)29(27(32)26(23)31)16-20-7-5-6-8-22(20)33-3/h5-15,24,30H,4,16H2,1-3H3/b25-23-. The summed E-state index contributed by atoms with van der Waals surface area (Å²) in [5.74, 6) is -0.340. The van der Waals surface area contributed by atoms with Crippen LogP contribution in [0.1, 0.15) is 35.2 Å². The van der Waals surface area contributed by atoms with Crippen molar-refractivity contribution in [3.05, 3.63) is 94.8 Å². The van der Waals surface area contributed by atoms with Crippen molar-refractivity contribution in [2.75, 3.05) is 13.7 Å². The van der Waals surface area contributed by atoms with E-state index in [9.17, 15) is 14.7 Å². The van der Waals surface area contributed by atoms with Gasteiger partial charge in [0.05, 0.1) is 31.9 Å². The first kappa shape index (κ1) is 23.0. The predicted octanol–water partition coefficient (Wildman–Crippen LogP) is 4.42. The second-order valence-corrected chi connectivity index (χ2v) is 7.93. The Labute approximate surface area is 198 Å². The van der Waals surface area contributed by atoms with Crippen LogP contribution in [-0.4, -0.2) is 40.4 Å². The normalized spacial score (nSPS) is 17.1. The van der Waals surface area contributed by atoms with Crippen molar-refractivity contribution in [1.82, 2.24) is 9.88 Å². The number of hydrogen-bond acceptors (Lipinski definition) is 6. The molecule has 2 heterocycles. The van der Waals surface area contributed by atoms with Crippen molar-refractivity contribution >= 4 is 17.4 Å². The monoisotopic (exact) mass is 458 g/mol. The number of aliphatic hydroxyl groups excluding tert-OH is 1. The zero-order chi connectivity index (χ0) is 24.2. The Morgan fingerprint density at radius 2 is 1.79 bits per heavy atom. The van der Waals surface area contributed by atoms with Gasteiger partial charge in [0.1, 0.15) is 17.3 Å². The van der Waals surface area contributed by atoms with Gasteiger partial charge < -0.3 is 19.5 Å². The Morgan fingerprint density at radius 1 is 1.06 bits per heavy atom. The number of nitrogens with zero attached hydrogens (tertiary/aromatic N) is 2. The fraction of sp³-hybridized carbons (Fsp3) is 0.222. The third-order valence-electron chi connectivity index (χ3n) is 5.84. The molecule has 7 nitrogen and oxygen atoms in total. The zero-order valence-corrected chi connectivity index (χ0v) is 19.3. The molecule has 1 amide bonds. The van der Waals surface area contributed by atoms with E-state index in [2.05, 4.69) is 4.98 Å². The average Bonchev–Trinajstić information content (AvgIpc) is 3.10. The Kier molecular flexibility index (Phi) is 6.63. The Hall–Kier alpha value is -4.13. The Bertz CT molecular complexity index is 1250. The number of para-hydroxylation sites is 1. The SMILES string of the molecule is CCOc1ccc(/C(O)=C2/C(=O)C(=O)N(Cc3ccccc3OC)C2c2ccncc2)cc1C. The van der Waals surface area contributed by atoms with E-state index in [1.807, 2.05) is 32.0 Å². The highest BCUT2D eigenvalue weighted by Crippen LogP contribution is 2.41. The fourth-order valence-electron chi connectivity index (χ4n) is 4.22. The van der Waals surface area contributed by atoms with Crippen LogP contribution in [0.5, 0.6) is 11.5 Å². The topological polar surface area (TPSA) is 89.0 Å². The molecule has 1 unspecified atom stereocenters. The molecule has 4 rings (SSSR count). The van der Waals surface area contributed by atoms with Gasteiger partial charge in [-0.2, -0.15) is 0 Å². The zero-order valence-electron chi connectivity index (χ0n) is 19.3. The van der Waals surface area contributed by atoms with Crippen molar-refractivity contribution in [3.8, 4) is 11.5 Å². The minimum Gasteiger partial charge on any atom is -0.507 e. The van der Waals surface area contributed by atoms with Gasteiger partial charge in [0.25, 0.3) is 11.7 Å². The number of likely N-dealkylation sites (tertiary alicyclic amines) is 1. The van der Waals surface area contributed by atoms with E-state index in [0.29, 0.717) is 29.2 Å². The van der Waals surface area contributed by atoms with Crippen LogP contribution in [0.15, 0.2) is 72.6 Å². The number of hydrogen-bond donors (Lipinski definition) is 1. The van der Waals surface area contributed by atoms with Crippen LogP contribution in [0.4, 0.5) is 0 Å². The quantitative estimate of drug-likeness (QED) is 0.320. The first-order valence-corrected chi connectivity index (χ1v) is 11.0. The molecule has 0 saturated carbocycles. The molecule has 1 aromatic heterocycles. The van der Waals surface area contributed by atoms with E-state index >= 15 is 0 Å². The highest BCUT2D eigenvalue weighted by Gasteiger charge is 2.46. The number of aryl methyl sites for hydroxylation is 1. The molecule has 0 spiro atoms. The number of amides is 1. The molecule has 1 atom stereocenters. The highest BCUT2D eigenvalue weighted by atomic mass is 16.5. The molecular weight excluding hydrogens is 432 g/mol. The summed E-state index contributed by atoms with van der Waals surface area (Å²) in [5.41, 5.74) is 2.72. The van der Waals surface area contributed by atoms with Crippen molar-refractivity contribution in [2.45, 2.75) is 26.4 Å². The van der Waals surface area contributed by atoms with Crippen LogP contribution in [0.25, 0.3) is 5.76 Å². The first-order chi connectivity index (χ1) is 16.5. The van der Waals surface area contributed by atoms with E-state index in [0.717, 1.165) is 11.1 Å². The lowest BCUT2D eigenvalue weighted by atomic mass is 9.95. The molecule has 1 saturated heterocycles. The van der Waals surface area contributed by atoms with E-state index in [-0.39, 0.29) is 17.9 Å². The number of ketones is 1. The van der Waals surface area contributed by atoms with Gasteiger partial charge in [0.15, 0.2) is 0 Å². The maximum Gasteiger partial charge on any atom is 0.295 e. The highest BCUT2D eigenvalue weighted by molar-refractivity contribution is 6.46. The third kappa shape index (κ3) is 4.24. The van der Waals surface area contributed by atoms with Gasteiger partial charge in [-0.05, 0) is 61.4 Å². The molecule has 1 fully saturated rings. The summed E-state index contributed by atoms with van der Waals surface area (Å²) >= 11 is 0. The maximum atomic E-state index is 13.2. The van der Waals surface area contributed by atoms with Crippen molar-refractivity contribution < 1.29 is 24.2 Å². The number of rotatable bonds is 7. The number of Topliss-reactive ketones (excluding diaryl/α,β-unsaturated/α-hetero) is 1. The lowest BCUT2D eigenvalue weighted by Crippen LogP contribution is -2.29. The maximum absolute atomic E-state index is 13.2. The van der Waals surface area contributed by atoms with Gasteiger partial charge in [-0.1, -0.05) is 18.2 Å². The number of carbonyl (C=O) groups is 2. The van der Waals surface area contributed by atoms with E-state index in [4.69, 9.17) is 9.47 Å². The number of aromatic nitrogens is 1. The van der Waals surface area contributed by atoms with Gasteiger partial charge in [0, 0.05) is 23.5 Å². The van der Waals surface area contributed by atoms with E-state index in [1.165, 1.54) is 4.90 Å². The molecule has 7 heteroatoms. The molecule has 0 radical (unpaired) electrons. The van der Waals surface area contributed by atoms with Crippen LogP contribution >= 0.6 is 0 Å². The van der Waals surface area contributed by atoms with Gasteiger partial charge in [-0.15, -0.1) is 0 Å². The van der Waals surface area contributed by atoms with E-state index in [1.54, 1.807) is 55.9 Å². The van der Waals surface area contributed by atoms with Crippen LogP contribution < -0.4 is 9.47 Å². The molecule has 3 aromatic rings. The summed E-state index contributed by atoms with van der Waals surface area (Å²) in [6.07, 6.45) is 3.19. The summed E-state index contributed by atoms with van der Waals surface area (Å²) in [4.78, 5) is 32.0. The van der Waals surface area contributed by atoms with Crippen LogP contribution in [-0.2, 0) is 16.1 Å². The van der Waals surface area contributed by atoms with Gasteiger partial charge in [-0.25, -0.2) is 0 Å². The second kappa shape index (κ2) is 9.79. The molecule has 0 aliphatic carbocycles. The number of methoxy groups -OCH3 is 1. The van der Waals surface area contributed by atoms with Crippen LogP contribution in [0.3, 0.4) is 0 Å². The van der Waals surface area contributed by atoms with Crippen molar-refractivity contribution in [1.29, 1.82) is 0 Å². The number of ether oxygens (including phenoxy) is 2. The summed E-state index contributed by atoms with van der Waals surface area (Å²) < 4.78 is 11.0. The minimum absolute atomic E-state index is 0.0367. The third-order valence-corrected chi connectivity index (χ3v) is 5.84. The van der Waals surface area contributed by atoms with Gasteiger partial charge >= 0.3 is 0 Å². The molecule has 174 valence electrons. The summed E-state index contributed by atoms with van der Waals surface area (Å²) in [7, 11) is 1.56. The predicted molar refractivity (Wildman–Crippen MR) is 127 cm³/mol. The second-order valence-electron chi connectivity index (χ2n) is 7.93. The molecule has 0 bridgehead atoms. The molecule has 34 heavy (non-hydrogen) atoms. The Morgan fingerprint density at radius 3 is 2.47 bits per heavy atom. The van der Waals surface area contributed by atoms with Gasteiger partial charge in [-0.3, -0.25) is 14.6 Å². The minimum atomic E-state index is -0.778. The molecular formula is C27H26N2O5. The van der Waals surface area contributed by atoms with Crippen LogP contribution in [0, 0.1) is 6.92 Å². The number of benzene rings is 2. The molecule has 1 N–H and O–H groups in total.